The lowest BCUT2D eigenvalue weighted by molar-refractivity contribution is -0.120. The van der Waals surface area contributed by atoms with Gasteiger partial charge >= 0.3 is 0 Å². The summed E-state index contributed by atoms with van der Waals surface area (Å²) in [6.45, 7) is 2.04. The Kier molecular flexibility index (Phi) is 5.79. The molecule has 2 nitrogen and oxygen atoms in total. The van der Waals surface area contributed by atoms with E-state index in [1.54, 1.807) is 29.5 Å². The fourth-order valence-corrected chi connectivity index (χ4v) is 3.94. The van der Waals surface area contributed by atoms with E-state index < -0.39 is 0 Å². The van der Waals surface area contributed by atoms with E-state index >= 15 is 0 Å². The van der Waals surface area contributed by atoms with E-state index in [1.165, 1.54) is 5.56 Å². The maximum absolute atomic E-state index is 12.6. The van der Waals surface area contributed by atoms with Crippen LogP contribution >= 0.6 is 34.5 Å². The first-order chi connectivity index (χ1) is 12.0. The maximum Gasteiger partial charge on any atom is 0.225 e. The van der Waals surface area contributed by atoms with E-state index in [0.29, 0.717) is 15.6 Å². The van der Waals surface area contributed by atoms with E-state index in [1.807, 2.05) is 48.7 Å². The molecule has 0 saturated carbocycles. The molecule has 0 aliphatic rings. The third kappa shape index (κ3) is 4.43. The largest absolute Gasteiger partial charge is 0.344 e. The Labute approximate surface area is 161 Å². The molecule has 0 bridgehead atoms. The highest BCUT2D eigenvalue weighted by Crippen LogP contribution is 2.28. The minimum Gasteiger partial charge on any atom is -0.344 e. The van der Waals surface area contributed by atoms with Gasteiger partial charge in [0.15, 0.2) is 0 Å². The predicted molar refractivity (Wildman–Crippen MR) is 106 cm³/mol. The van der Waals surface area contributed by atoms with E-state index in [0.717, 1.165) is 10.4 Å². The Hall–Kier alpha value is -1.81. The quantitative estimate of drug-likeness (QED) is 0.585. The molecule has 0 fully saturated rings. The third-order valence-electron chi connectivity index (χ3n) is 3.94. The Morgan fingerprint density at radius 3 is 2.32 bits per heavy atom. The highest BCUT2D eigenvalue weighted by Gasteiger charge is 2.19. The zero-order valence-corrected chi connectivity index (χ0v) is 16.0. The van der Waals surface area contributed by atoms with Gasteiger partial charge in [0.2, 0.25) is 5.91 Å². The Morgan fingerprint density at radius 1 is 1.04 bits per heavy atom. The molecule has 1 amide bonds. The molecule has 0 aliphatic carbocycles. The zero-order valence-electron chi connectivity index (χ0n) is 13.6. The number of thiophene rings is 1. The highest BCUT2D eigenvalue weighted by atomic mass is 35.5. The number of rotatable bonds is 5. The van der Waals surface area contributed by atoms with Gasteiger partial charge < -0.3 is 5.32 Å². The summed E-state index contributed by atoms with van der Waals surface area (Å²) in [5.74, 6) is -0.117. The number of hydrogen-bond donors (Lipinski definition) is 1. The number of carbonyl (C=O) groups excluding carboxylic acids is 1. The van der Waals surface area contributed by atoms with Crippen molar-refractivity contribution in [2.24, 2.45) is 0 Å². The Bertz CT molecular complexity index is 840. The van der Waals surface area contributed by atoms with Crippen molar-refractivity contribution in [3.63, 3.8) is 0 Å². The fourth-order valence-electron chi connectivity index (χ4n) is 2.61. The van der Waals surface area contributed by atoms with Crippen LogP contribution in [-0.4, -0.2) is 5.91 Å². The van der Waals surface area contributed by atoms with Crippen molar-refractivity contribution >= 4 is 40.4 Å². The summed E-state index contributed by atoms with van der Waals surface area (Å²) < 4.78 is 0. The zero-order chi connectivity index (χ0) is 17.8. The number of nitrogens with one attached hydrogen (secondary N) is 1. The van der Waals surface area contributed by atoms with Crippen LogP contribution in [0.15, 0.2) is 60.0 Å². The van der Waals surface area contributed by atoms with Crippen molar-refractivity contribution in [1.29, 1.82) is 0 Å². The standard InChI is InChI=1S/C20H17Cl2NOS/c1-13-7-9-14(10-8-13)20(18-6-3-11-25-18)23-19(24)12-15-16(21)4-2-5-17(15)22/h2-11,20H,12H2,1H3,(H,23,24). The fraction of sp³-hybridized carbons (Fsp3) is 0.150. The molecule has 3 rings (SSSR count). The molecule has 1 atom stereocenters. The number of halogens is 2. The minimum absolute atomic E-state index is 0.117. The number of amides is 1. The van der Waals surface area contributed by atoms with Crippen LogP contribution in [0.25, 0.3) is 0 Å². The van der Waals surface area contributed by atoms with Gasteiger partial charge in [0.1, 0.15) is 0 Å². The summed E-state index contributed by atoms with van der Waals surface area (Å²) in [5.41, 5.74) is 2.88. The van der Waals surface area contributed by atoms with Crippen LogP contribution < -0.4 is 5.32 Å². The van der Waals surface area contributed by atoms with Crippen molar-refractivity contribution in [1.82, 2.24) is 5.32 Å². The second kappa shape index (κ2) is 8.05. The van der Waals surface area contributed by atoms with Crippen LogP contribution in [0.5, 0.6) is 0 Å². The number of aryl methyl sites for hydroxylation is 1. The molecular formula is C20H17Cl2NOS. The molecule has 0 aliphatic heterocycles. The Morgan fingerprint density at radius 2 is 1.72 bits per heavy atom. The van der Waals surface area contributed by atoms with Gasteiger partial charge in [0.25, 0.3) is 0 Å². The van der Waals surface area contributed by atoms with Crippen molar-refractivity contribution in [2.75, 3.05) is 0 Å². The van der Waals surface area contributed by atoms with Crippen LogP contribution in [-0.2, 0) is 11.2 Å². The first-order valence-electron chi connectivity index (χ1n) is 7.87. The maximum atomic E-state index is 12.6. The average molecular weight is 390 g/mol. The SMILES string of the molecule is Cc1ccc(C(NC(=O)Cc2c(Cl)cccc2Cl)c2cccs2)cc1. The van der Waals surface area contributed by atoms with Gasteiger partial charge in [-0.25, -0.2) is 0 Å². The topological polar surface area (TPSA) is 29.1 Å². The molecular weight excluding hydrogens is 373 g/mol. The van der Waals surface area contributed by atoms with E-state index in [-0.39, 0.29) is 18.4 Å². The molecule has 2 aromatic carbocycles. The third-order valence-corrected chi connectivity index (χ3v) is 5.59. The van der Waals surface area contributed by atoms with Crippen molar-refractivity contribution in [2.45, 2.75) is 19.4 Å². The smallest absolute Gasteiger partial charge is 0.225 e. The minimum atomic E-state index is -0.186. The Balaban J connectivity index is 1.83. The summed E-state index contributed by atoms with van der Waals surface area (Å²) in [6.07, 6.45) is 0.145. The van der Waals surface area contributed by atoms with Gasteiger partial charge in [-0.3, -0.25) is 4.79 Å². The number of hydrogen-bond acceptors (Lipinski definition) is 2. The van der Waals surface area contributed by atoms with E-state index in [4.69, 9.17) is 23.2 Å². The summed E-state index contributed by atoms with van der Waals surface area (Å²) in [4.78, 5) is 13.7. The molecule has 0 saturated heterocycles. The van der Waals surface area contributed by atoms with Crippen LogP contribution in [0, 0.1) is 6.92 Å². The second-order valence-corrected chi connectivity index (χ2v) is 7.60. The van der Waals surface area contributed by atoms with Gasteiger partial charge in [-0.15, -0.1) is 11.3 Å². The molecule has 5 heteroatoms. The highest BCUT2D eigenvalue weighted by molar-refractivity contribution is 7.10. The first kappa shape index (κ1) is 18.0. The molecule has 1 N–H and O–H groups in total. The summed E-state index contributed by atoms with van der Waals surface area (Å²) in [7, 11) is 0. The lowest BCUT2D eigenvalue weighted by Gasteiger charge is -2.19. The molecule has 25 heavy (non-hydrogen) atoms. The second-order valence-electron chi connectivity index (χ2n) is 5.80. The van der Waals surface area contributed by atoms with Crippen molar-refractivity contribution in [3.8, 4) is 0 Å². The molecule has 128 valence electrons. The summed E-state index contributed by atoms with van der Waals surface area (Å²) >= 11 is 14.0. The molecule has 3 aromatic rings. The van der Waals surface area contributed by atoms with Crippen LogP contribution in [0.4, 0.5) is 0 Å². The van der Waals surface area contributed by atoms with Gasteiger partial charge in [-0.05, 0) is 41.6 Å². The normalized spacial score (nSPS) is 12.0. The van der Waals surface area contributed by atoms with E-state index in [2.05, 4.69) is 5.32 Å². The van der Waals surface area contributed by atoms with Gasteiger partial charge in [0.05, 0.1) is 12.5 Å². The van der Waals surface area contributed by atoms with E-state index in [9.17, 15) is 4.79 Å². The van der Waals surface area contributed by atoms with Crippen LogP contribution in [0.3, 0.4) is 0 Å². The molecule has 0 spiro atoms. The summed E-state index contributed by atoms with van der Waals surface area (Å²) in [6, 6.07) is 17.3. The molecule has 1 unspecified atom stereocenters. The van der Waals surface area contributed by atoms with Gasteiger partial charge in [-0.1, -0.05) is 65.2 Å². The monoisotopic (exact) mass is 389 g/mol. The van der Waals surface area contributed by atoms with Crippen LogP contribution in [0.1, 0.15) is 27.6 Å². The van der Waals surface area contributed by atoms with Gasteiger partial charge in [0, 0.05) is 14.9 Å². The van der Waals surface area contributed by atoms with Crippen molar-refractivity contribution in [3.05, 3.63) is 91.6 Å². The molecule has 1 aromatic heterocycles. The number of benzene rings is 2. The predicted octanol–water partition coefficient (Wildman–Crippen LogP) is 5.81. The lowest BCUT2D eigenvalue weighted by Crippen LogP contribution is -2.30. The van der Waals surface area contributed by atoms with Gasteiger partial charge in [-0.2, -0.15) is 0 Å². The first-order valence-corrected chi connectivity index (χ1v) is 9.50. The lowest BCUT2D eigenvalue weighted by atomic mass is 10.0. The van der Waals surface area contributed by atoms with Crippen molar-refractivity contribution < 1.29 is 4.79 Å². The molecule has 1 heterocycles. The summed E-state index contributed by atoms with van der Waals surface area (Å²) in [5, 5.41) is 6.13. The molecule has 0 radical (unpaired) electrons. The van der Waals surface area contributed by atoms with Crippen LogP contribution in [0.2, 0.25) is 10.0 Å². The average Bonchev–Trinajstić information content (AvgIpc) is 3.11. The number of carbonyl (C=O) groups is 1.